The fraction of sp³-hybridized carbons (Fsp3) is 0.565. The normalized spacial score (nSPS) is 20.5. The molecule has 1 N–H and O–H groups in total. The van der Waals surface area contributed by atoms with Crippen molar-refractivity contribution in [2.24, 2.45) is 0 Å². The lowest BCUT2D eigenvalue weighted by atomic mass is 9.95. The van der Waals surface area contributed by atoms with Crippen molar-refractivity contribution in [1.82, 2.24) is 14.9 Å². The highest BCUT2D eigenvalue weighted by Gasteiger charge is 2.37. The summed E-state index contributed by atoms with van der Waals surface area (Å²) >= 11 is 0. The highest BCUT2D eigenvalue weighted by atomic mass is 32.2. The standard InChI is InChI=1S/C23H31N3O4S/c1-15-16(2)26(18-9-5-4-6-10-18)23(24-15)31(28,29)17(3)22(27)25-20-13-14-30-21-12-8-7-11-19(20)21/h7-8,11-12,17-18,20H,4-6,9-10,13-14H2,1-3H3,(H,25,27). The van der Waals surface area contributed by atoms with Gasteiger partial charge in [-0.15, -0.1) is 0 Å². The number of amides is 1. The van der Waals surface area contributed by atoms with E-state index in [4.69, 9.17) is 4.74 Å². The molecule has 1 saturated carbocycles. The third kappa shape index (κ3) is 4.10. The van der Waals surface area contributed by atoms with Gasteiger partial charge in [0.05, 0.1) is 18.3 Å². The monoisotopic (exact) mass is 445 g/mol. The fourth-order valence-corrected chi connectivity index (χ4v) is 6.14. The summed E-state index contributed by atoms with van der Waals surface area (Å²) in [6.07, 6.45) is 5.83. The lowest BCUT2D eigenvalue weighted by Gasteiger charge is -2.28. The number of nitrogens with one attached hydrogen (secondary N) is 1. The predicted molar refractivity (Wildman–Crippen MR) is 118 cm³/mol. The molecular weight excluding hydrogens is 414 g/mol. The van der Waals surface area contributed by atoms with E-state index in [2.05, 4.69) is 10.3 Å². The fourth-order valence-electron chi connectivity index (χ4n) is 4.65. The number of aryl methyl sites for hydroxylation is 1. The molecule has 2 atom stereocenters. The lowest BCUT2D eigenvalue weighted by Crippen LogP contribution is -2.42. The van der Waals surface area contributed by atoms with Gasteiger partial charge in [0.25, 0.3) is 0 Å². The molecule has 2 heterocycles. The maximum atomic E-state index is 13.5. The summed E-state index contributed by atoms with van der Waals surface area (Å²) in [5.41, 5.74) is 2.45. The van der Waals surface area contributed by atoms with Crippen LogP contribution in [-0.4, -0.2) is 35.7 Å². The lowest BCUT2D eigenvalue weighted by molar-refractivity contribution is -0.121. The number of nitrogens with zero attached hydrogens (tertiary/aromatic N) is 2. The maximum absolute atomic E-state index is 13.5. The first kappa shape index (κ1) is 21.9. The highest BCUT2D eigenvalue weighted by Crippen LogP contribution is 2.34. The summed E-state index contributed by atoms with van der Waals surface area (Å²) in [6.45, 7) is 5.69. The second kappa shape index (κ2) is 8.65. The predicted octanol–water partition coefficient (Wildman–Crippen LogP) is 3.81. The molecule has 0 spiro atoms. The summed E-state index contributed by atoms with van der Waals surface area (Å²) in [6, 6.07) is 7.39. The minimum atomic E-state index is -3.94. The molecule has 2 unspecified atom stereocenters. The topological polar surface area (TPSA) is 90.3 Å². The molecule has 1 aliphatic heterocycles. The van der Waals surface area contributed by atoms with Crippen LogP contribution in [0.15, 0.2) is 29.4 Å². The van der Waals surface area contributed by atoms with Crippen LogP contribution >= 0.6 is 0 Å². The molecule has 1 aromatic heterocycles. The number of hydrogen-bond acceptors (Lipinski definition) is 5. The first-order valence-electron chi connectivity index (χ1n) is 11.1. The number of para-hydroxylation sites is 1. The quantitative estimate of drug-likeness (QED) is 0.756. The van der Waals surface area contributed by atoms with E-state index in [0.717, 1.165) is 42.7 Å². The number of aromatic nitrogens is 2. The van der Waals surface area contributed by atoms with Gasteiger partial charge < -0.3 is 14.6 Å². The van der Waals surface area contributed by atoms with Gasteiger partial charge in [0.1, 0.15) is 11.0 Å². The molecule has 7 nitrogen and oxygen atoms in total. The van der Waals surface area contributed by atoms with Crippen molar-refractivity contribution in [3.05, 3.63) is 41.2 Å². The Morgan fingerprint density at radius 3 is 2.61 bits per heavy atom. The average molecular weight is 446 g/mol. The van der Waals surface area contributed by atoms with Crippen molar-refractivity contribution < 1.29 is 17.9 Å². The minimum Gasteiger partial charge on any atom is -0.493 e. The van der Waals surface area contributed by atoms with Crippen molar-refractivity contribution in [3.63, 3.8) is 0 Å². The van der Waals surface area contributed by atoms with Gasteiger partial charge in [-0.3, -0.25) is 4.79 Å². The SMILES string of the molecule is Cc1nc(S(=O)(=O)C(C)C(=O)NC2CCOc3ccccc32)n(C2CCCCC2)c1C. The van der Waals surface area contributed by atoms with Crippen molar-refractivity contribution in [2.75, 3.05) is 6.61 Å². The summed E-state index contributed by atoms with van der Waals surface area (Å²) in [5, 5.41) is 1.74. The number of ether oxygens (including phenoxy) is 1. The number of carbonyl (C=O) groups is 1. The van der Waals surface area contributed by atoms with Crippen LogP contribution in [0.2, 0.25) is 0 Å². The first-order valence-corrected chi connectivity index (χ1v) is 12.7. The van der Waals surface area contributed by atoms with Crippen molar-refractivity contribution in [2.45, 2.75) is 81.8 Å². The van der Waals surface area contributed by atoms with Gasteiger partial charge in [-0.05, 0) is 39.7 Å². The zero-order chi connectivity index (χ0) is 22.2. The Morgan fingerprint density at radius 1 is 1.16 bits per heavy atom. The Balaban J connectivity index is 1.60. The third-order valence-electron chi connectivity index (χ3n) is 6.66. The number of rotatable bonds is 5. The number of hydrogen-bond donors (Lipinski definition) is 1. The van der Waals surface area contributed by atoms with Crippen LogP contribution in [0.5, 0.6) is 5.75 Å². The smallest absolute Gasteiger partial charge is 0.239 e. The Kier molecular flexibility index (Phi) is 6.10. The summed E-state index contributed by atoms with van der Waals surface area (Å²) in [5.74, 6) is 0.226. The van der Waals surface area contributed by atoms with E-state index in [1.165, 1.54) is 13.3 Å². The van der Waals surface area contributed by atoms with Gasteiger partial charge in [-0.1, -0.05) is 37.5 Å². The molecular formula is C23H31N3O4S. The van der Waals surface area contributed by atoms with Crippen LogP contribution in [0.1, 0.15) is 74.5 Å². The van der Waals surface area contributed by atoms with Gasteiger partial charge in [0, 0.05) is 23.7 Å². The maximum Gasteiger partial charge on any atom is 0.239 e. The van der Waals surface area contributed by atoms with Crippen LogP contribution in [0.3, 0.4) is 0 Å². The average Bonchev–Trinajstić information content (AvgIpc) is 3.09. The number of imidazole rings is 1. The molecule has 168 valence electrons. The zero-order valence-electron chi connectivity index (χ0n) is 18.4. The van der Waals surface area contributed by atoms with Gasteiger partial charge in [0.15, 0.2) is 0 Å². The number of carbonyl (C=O) groups excluding carboxylic acids is 1. The second-order valence-corrected chi connectivity index (χ2v) is 10.8. The van der Waals surface area contributed by atoms with E-state index in [1.807, 2.05) is 42.7 Å². The Labute approximate surface area is 184 Å². The molecule has 4 rings (SSSR count). The molecule has 2 aliphatic rings. The molecule has 1 fully saturated rings. The van der Waals surface area contributed by atoms with E-state index in [1.54, 1.807) is 0 Å². The van der Waals surface area contributed by atoms with Gasteiger partial charge >= 0.3 is 0 Å². The summed E-state index contributed by atoms with van der Waals surface area (Å²) in [4.78, 5) is 17.5. The Bertz CT molecular complexity index is 1070. The molecule has 31 heavy (non-hydrogen) atoms. The second-order valence-electron chi connectivity index (χ2n) is 8.65. The van der Waals surface area contributed by atoms with E-state index in [0.29, 0.717) is 18.7 Å². The number of benzene rings is 1. The first-order chi connectivity index (χ1) is 14.8. The largest absolute Gasteiger partial charge is 0.493 e. The highest BCUT2D eigenvalue weighted by molar-refractivity contribution is 7.92. The molecule has 1 aromatic carbocycles. The molecule has 2 aromatic rings. The van der Waals surface area contributed by atoms with Crippen LogP contribution in [-0.2, 0) is 14.6 Å². The zero-order valence-corrected chi connectivity index (χ0v) is 19.2. The van der Waals surface area contributed by atoms with E-state index >= 15 is 0 Å². The van der Waals surface area contributed by atoms with Gasteiger partial charge in [0.2, 0.25) is 20.9 Å². The van der Waals surface area contributed by atoms with E-state index in [9.17, 15) is 13.2 Å². The van der Waals surface area contributed by atoms with Crippen molar-refractivity contribution in [3.8, 4) is 5.75 Å². The van der Waals surface area contributed by atoms with Crippen LogP contribution in [0, 0.1) is 13.8 Å². The number of sulfone groups is 1. The molecule has 0 saturated heterocycles. The van der Waals surface area contributed by atoms with E-state index < -0.39 is 21.0 Å². The Morgan fingerprint density at radius 2 is 1.87 bits per heavy atom. The third-order valence-corrected chi connectivity index (χ3v) is 8.60. The summed E-state index contributed by atoms with van der Waals surface area (Å²) in [7, 11) is -3.94. The van der Waals surface area contributed by atoms with Gasteiger partial charge in [-0.25, -0.2) is 13.4 Å². The van der Waals surface area contributed by atoms with E-state index in [-0.39, 0.29) is 17.2 Å². The molecule has 0 bridgehead atoms. The molecule has 8 heteroatoms. The van der Waals surface area contributed by atoms with Crippen molar-refractivity contribution >= 4 is 15.7 Å². The summed E-state index contributed by atoms with van der Waals surface area (Å²) < 4.78 is 34.6. The Hall–Kier alpha value is -2.35. The van der Waals surface area contributed by atoms with Crippen molar-refractivity contribution in [1.29, 1.82) is 0 Å². The number of fused-ring (bicyclic) bond motifs is 1. The van der Waals surface area contributed by atoms with Gasteiger partial charge in [-0.2, -0.15) is 0 Å². The molecule has 0 radical (unpaired) electrons. The van der Waals surface area contributed by atoms with Crippen LogP contribution < -0.4 is 10.1 Å². The molecule has 1 amide bonds. The van der Waals surface area contributed by atoms with Crippen LogP contribution in [0.25, 0.3) is 0 Å². The van der Waals surface area contributed by atoms with Crippen LogP contribution in [0.4, 0.5) is 0 Å². The molecule has 1 aliphatic carbocycles. The minimum absolute atomic E-state index is 0.0319.